The fourth-order valence-electron chi connectivity index (χ4n) is 0.0696. The molecular weight excluding hydrogens is 100 g/mol. The van der Waals surface area contributed by atoms with Crippen molar-refractivity contribution in [1.29, 1.82) is 0 Å². The molecule has 1 atom stereocenters. The third kappa shape index (κ3) is 1.99. The molecule has 4 nitrogen and oxygen atoms in total. The van der Waals surface area contributed by atoms with Gasteiger partial charge in [0.05, 0.1) is 0 Å². The van der Waals surface area contributed by atoms with Crippen LogP contribution in [-0.2, 0) is 4.58 Å². The van der Waals surface area contributed by atoms with Gasteiger partial charge in [-0.05, 0) is 6.92 Å². The van der Waals surface area contributed by atoms with E-state index in [0.29, 0.717) is 0 Å². The van der Waals surface area contributed by atoms with Crippen LogP contribution in [0.4, 0.5) is 0 Å². The molecule has 0 amide bonds. The first-order valence-corrected chi connectivity index (χ1v) is 1.72. The standard InChI is InChI=1S/C3H6O4/c1-2(4)3(5)7-6/h2,4-5H,1H3. The lowest BCUT2D eigenvalue weighted by Crippen LogP contribution is -2.21. The Morgan fingerprint density at radius 1 is 1.86 bits per heavy atom. The van der Waals surface area contributed by atoms with E-state index in [2.05, 4.69) is 4.58 Å². The van der Waals surface area contributed by atoms with Gasteiger partial charge in [0, 0.05) is 0 Å². The SMILES string of the molecule is CC(O)C(O)=[O+][O-]. The molecule has 0 aromatic heterocycles. The highest BCUT2D eigenvalue weighted by molar-refractivity contribution is 5.71. The molecule has 0 saturated heterocycles. The van der Waals surface area contributed by atoms with Gasteiger partial charge in [0.1, 0.15) is 0 Å². The lowest BCUT2D eigenvalue weighted by atomic mass is 10.4. The Kier molecular flexibility index (Phi) is 2.15. The zero-order chi connectivity index (χ0) is 5.86. The van der Waals surface area contributed by atoms with E-state index in [1.54, 1.807) is 0 Å². The zero-order valence-electron chi connectivity index (χ0n) is 3.79. The fraction of sp³-hybridized carbons (Fsp3) is 0.667. The average Bonchev–Trinajstić information content (AvgIpc) is 1.65. The van der Waals surface area contributed by atoms with Crippen molar-refractivity contribution in [1.82, 2.24) is 0 Å². The van der Waals surface area contributed by atoms with Crippen LogP contribution in [0, 0.1) is 0 Å². The predicted octanol–water partition coefficient (Wildman–Crippen LogP) is -1.74. The molecule has 0 aromatic rings. The molecule has 0 aliphatic heterocycles. The summed E-state index contributed by atoms with van der Waals surface area (Å²) in [5, 5.41) is 25.4. The first kappa shape index (κ1) is 6.23. The molecule has 0 fully saturated rings. The number of hydrogen-bond acceptors (Lipinski definition) is 2. The summed E-state index contributed by atoms with van der Waals surface area (Å²) >= 11 is 0. The van der Waals surface area contributed by atoms with Crippen LogP contribution < -0.4 is 5.26 Å². The summed E-state index contributed by atoms with van der Waals surface area (Å²) in [6, 6.07) is 0. The molecule has 0 saturated carbocycles. The minimum atomic E-state index is -1.20. The highest BCUT2D eigenvalue weighted by Gasteiger charge is 2.13. The van der Waals surface area contributed by atoms with E-state index >= 15 is 0 Å². The summed E-state index contributed by atoms with van der Waals surface area (Å²) < 4.78 is 2.98. The molecule has 42 valence electrons. The second-order valence-electron chi connectivity index (χ2n) is 1.10. The van der Waals surface area contributed by atoms with Gasteiger partial charge in [0.2, 0.25) is 6.10 Å². The molecule has 1 unspecified atom stereocenters. The van der Waals surface area contributed by atoms with Crippen molar-refractivity contribution >= 4 is 5.97 Å². The highest BCUT2D eigenvalue weighted by Crippen LogP contribution is 1.74. The highest BCUT2D eigenvalue weighted by atomic mass is 17.1. The number of aliphatic hydroxyl groups is 1. The first-order valence-electron chi connectivity index (χ1n) is 1.72. The van der Waals surface area contributed by atoms with Crippen LogP contribution in [0.25, 0.3) is 0 Å². The maximum absolute atomic E-state index is 9.12. The summed E-state index contributed by atoms with van der Waals surface area (Å²) in [5.74, 6) is -0.903. The van der Waals surface area contributed by atoms with Gasteiger partial charge in [-0.1, -0.05) is 0 Å². The monoisotopic (exact) mass is 106 g/mol. The molecule has 2 N–H and O–H groups in total. The van der Waals surface area contributed by atoms with Gasteiger partial charge in [0.25, 0.3) is 0 Å². The molecule has 0 heterocycles. The van der Waals surface area contributed by atoms with E-state index < -0.39 is 12.1 Å². The summed E-state index contributed by atoms with van der Waals surface area (Å²) in [7, 11) is 0. The van der Waals surface area contributed by atoms with E-state index in [4.69, 9.17) is 15.5 Å². The Bertz CT molecular complexity index is 75.0. The Morgan fingerprint density at radius 3 is 2.29 bits per heavy atom. The maximum Gasteiger partial charge on any atom is 0.524 e. The van der Waals surface area contributed by atoms with Gasteiger partial charge in [-0.15, -0.1) is 0 Å². The van der Waals surface area contributed by atoms with Gasteiger partial charge in [-0.25, -0.2) is 0 Å². The number of aliphatic hydroxyl groups excluding tert-OH is 2. The van der Waals surface area contributed by atoms with Crippen LogP contribution in [0.15, 0.2) is 0 Å². The Labute approximate surface area is 40.3 Å². The number of rotatable bonds is 1. The Balaban J connectivity index is 3.56. The van der Waals surface area contributed by atoms with Gasteiger partial charge < -0.3 is 15.5 Å². The van der Waals surface area contributed by atoms with Crippen molar-refractivity contribution < 1.29 is 20.0 Å². The quantitative estimate of drug-likeness (QED) is 0.237. The van der Waals surface area contributed by atoms with Gasteiger partial charge in [-0.3, -0.25) is 4.58 Å². The molecule has 0 aliphatic rings. The van der Waals surface area contributed by atoms with Crippen molar-refractivity contribution in [3.8, 4) is 0 Å². The normalized spacial score (nSPS) is 16.6. The van der Waals surface area contributed by atoms with Crippen molar-refractivity contribution in [2.45, 2.75) is 13.0 Å². The average molecular weight is 106 g/mol. The molecule has 0 aliphatic carbocycles. The van der Waals surface area contributed by atoms with Crippen LogP contribution in [0.5, 0.6) is 0 Å². The molecule has 0 bridgehead atoms. The molecular formula is C3H6O4. The maximum atomic E-state index is 9.12. The summed E-state index contributed by atoms with van der Waals surface area (Å²) in [6.45, 7) is 1.22. The van der Waals surface area contributed by atoms with Gasteiger partial charge in [-0.2, -0.15) is 0 Å². The lowest BCUT2D eigenvalue weighted by molar-refractivity contribution is -1.05. The summed E-state index contributed by atoms with van der Waals surface area (Å²) in [5.41, 5.74) is 0. The van der Waals surface area contributed by atoms with E-state index in [-0.39, 0.29) is 0 Å². The molecule has 0 spiro atoms. The van der Waals surface area contributed by atoms with Gasteiger partial charge >= 0.3 is 5.97 Å². The fourth-order valence-corrected chi connectivity index (χ4v) is 0.0696. The lowest BCUT2D eigenvalue weighted by Gasteiger charge is -1.87. The third-order valence-corrected chi connectivity index (χ3v) is 0.443. The molecule has 4 heteroatoms. The molecule has 7 heavy (non-hydrogen) atoms. The Morgan fingerprint density at radius 2 is 2.29 bits per heavy atom. The zero-order valence-corrected chi connectivity index (χ0v) is 3.79. The molecule has 0 aromatic carbocycles. The number of hydrogen-bond donors (Lipinski definition) is 2. The smallest absolute Gasteiger partial charge is 0.524 e. The molecule has 0 radical (unpaired) electrons. The summed E-state index contributed by atoms with van der Waals surface area (Å²) in [4.78, 5) is 0. The van der Waals surface area contributed by atoms with Crippen molar-refractivity contribution in [3.05, 3.63) is 0 Å². The van der Waals surface area contributed by atoms with E-state index in [0.717, 1.165) is 0 Å². The van der Waals surface area contributed by atoms with Gasteiger partial charge in [0.15, 0.2) is 0 Å². The van der Waals surface area contributed by atoms with Crippen molar-refractivity contribution in [2.75, 3.05) is 0 Å². The minimum Gasteiger partial charge on any atom is -0.588 e. The van der Waals surface area contributed by atoms with Crippen molar-refractivity contribution in [2.24, 2.45) is 0 Å². The van der Waals surface area contributed by atoms with E-state index in [1.165, 1.54) is 6.92 Å². The van der Waals surface area contributed by atoms with Crippen LogP contribution in [0.3, 0.4) is 0 Å². The number of carboxylic acid groups (broad SMARTS) is 1. The number of carboxylic acids is 1. The van der Waals surface area contributed by atoms with Crippen molar-refractivity contribution in [3.63, 3.8) is 0 Å². The minimum absolute atomic E-state index is 0.903. The predicted molar refractivity (Wildman–Crippen MR) is 19.3 cm³/mol. The van der Waals surface area contributed by atoms with E-state index in [9.17, 15) is 0 Å². The van der Waals surface area contributed by atoms with Crippen LogP contribution in [0.2, 0.25) is 0 Å². The topological polar surface area (TPSA) is 74.8 Å². The van der Waals surface area contributed by atoms with E-state index in [1.807, 2.05) is 0 Å². The van der Waals surface area contributed by atoms with Crippen LogP contribution in [-0.4, -0.2) is 22.3 Å². The summed E-state index contributed by atoms with van der Waals surface area (Å²) in [6.07, 6.45) is -1.20. The molecule has 0 rings (SSSR count). The Hall–Kier alpha value is -0.770. The van der Waals surface area contributed by atoms with Crippen LogP contribution in [0.1, 0.15) is 6.92 Å². The second-order valence-corrected chi connectivity index (χ2v) is 1.10. The first-order chi connectivity index (χ1) is 3.18. The third-order valence-electron chi connectivity index (χ3n) is 0.443. The second kappa shape index (κ2) is 2.41. The number of aliphatic carboxylic acids is 1. The largest absolute Gasteiger partial charge is 0.588 e. The van der Waals surface area contributed by atoms with Crippen LogP contribution >= 0.6 is 0 Å².